The summed E-state index contributed by atoms with van der Waals surface area (Å²) >= 11 is 0. The van der Waals surface area contributed by atoms with Gasteiger partial charge in [-0.05, 0) is 61.9 Å². The highest BCUT2D eigenvalue weighted by Crippen LogP contribution is 2.29. The van der Waals surface area contributed by atoms with E-state index in [1.165, 1.54) is 11.1 Å². The molecular weight excluding hydrogens is 364 g/mol. The Bertz CT molecular complexity index is 972. The van der Waals surface area contributed by atoms with Crippen LogP contribution in [0.2, 0.25) is 0 Å². The first kappa shape index (κ1) is 19.2. The summed E-state index contributed by atoms with van der Waals surface area (Å²) in [6, 6.07) is 16.2. The van der Waals surface area contributed by atoms with Gasteiger partial charge in [-0.2, -0.15) is 0 Å². The van der Waals surface area contributed by atoms with Gasteiger partial charge in [0.05, 0.1) is 23.7 Å². The van der Waals surface area contributed by atoms with Gasteiger partial charge in [-0.25, -0.2) is 0 Å². The number of amides is 1. The first-order chi connectivity index (χ1) is 14.1. The quantitative estimate of drug-likeness (QED) is 0.668. The highest BCUT2D eigenvalue weighted by Gasteiger charge is 2.21. The van der Waals surface area contributed by atoms with E-state index in [0.717, 1.165) is 47.6 Å². The molecule has 1 aliphatic rings. The number of ether oxygens (including phenoxy) is 1. The van der Waals surface area contributed by atoms with Gasteiger partial charge < -0.3 is 14.6 Å². The van der Waals surface area contributed by atoms with Crippen molar-refractivity contribution in [3.8, 4) is 5.75 Å². The topological polar surface area (TPSA) is 64.4 Å². The Kier molecular flexibility index (Phi) is 5.65. The van der Waals surface area contributed by atoms with Gasteiger partial charge >= 0.3 is 0 Å². The normalized spacial score (nSPS) is 15.6. The van der Waals surface area contributed by atoms with Crippen molar-refractivity contribution in [3.63, 3.8) is 0 Å². The third kappa shape index (κ3) is 4.50. The van der Waals surface area contributed by atoms with E-state index in [4.69, 9.17) is 9.26 Å². The minimum atomic E-state index is 0.0519. The molecule has 2 aromatic carbocycles. The molecule has 3 aromatic rings. The van der Waals surface area contributed by atoms with Gasteiger partial charge in [0.25, 0.3) is 0 Å². The van der Waals surface area contributed by atoms with E-state index in [2.05, 4.69) is 28.7 Å². The lowest BCUT2D eigenvalue weighted by Crippen LogP contribution is -2.32. The molecule has 1 atom stereocenters. The molecule has 29 heavy (non-hydrogen) atoms. The number of aromatic nitrogens is 1. The summed E-state index contributed by atoms with van der Waals surface area (Å²) in [6.45, 7) is 4.20. The fourth-order valence-corrected chi connectivity index (χ4v) is 3.90. The van der Waals surface area contributed by atoms with Crippen LogP contribution in [-0.2, 0) is 24.2 Å². The maximum Gasteiger partial charge on any atom is 0.224 e. The highest BCUT2D eigenvalue weighted by atomic mass is 16.5. The van der Waals surface area contributed by atoms with Gasteiger partial charge in [-0.3, -0.25) is 4.79 Å². The summed E-state index contributed by atoms with van der Waals surface area (Å²) in [5.74, 6) is 1.59. The summed E-state index contributed by atoms with van der Waals surface area (Å²) < 4.78 is 11.0. The monoisotopic (exact) mass is 390 g/mol. The second-order valence-electron chi connectivity index (χ2n) is 7.62. The van der Waals surface area contributed by atoms with Crippen LogP contribution in [0.15, 0.2) is 53.1 Å². The molecule has 1 amide bonds. The Morgan fingerprint density at radius 3 is 2.72 bits per heavy atom. The maximum absolute atomic E-state index is 12.6. The van der Waals surface area contributed by atoms with Crippen LogP contribution >= 0.6 is 0 Å². The molecule has 1 N–H and O–H groups in total. The molecule has 0 aliphatic heterocycles. The van der Waals surface area contributed by atoms with E-state index in [1.807, 2.05) is 44.2 Å². The Labute approximate surface area is 171 Å². The largest absolute Gasteiger partial charge is 0.489 e. The third-order valence-corrected chi connectivity index (χ3v) is 5.56. The van der Waals surface area contributed by atoms with Crippen molar-refractivity contribution in [1.29, 1.82) is 0 Å². The standard InChI is InChI=1S/C24H26N2O3/c1-16-22(17(2)29-26-16)15-28-20-12-10-18(11-13-20)14-24(27)25-23-9-5-7-19-6-3-4-8-21(19)23/h3-4,6,8,10-13,23H,5,7,9,14-15H2,1-2H3,(H,25,27). The Hall–Kier alpha value is -3.08. The average molecular weight is 390 g/mol. The van der Waals surface area contributed by atoms with Gasteiger partial charge in [0.2, 0.25) is 5.91 Å². The smallest absolute Gasteiger partial charge is 0.224 e. The minimum Gasteiger partial charge on any atom is -0.489 e. The second-order valence-corrected chi connectivity index (χ2v) is 7.62. The lowest BCUT2D eigenvalue weighted by Gasteiger charge is -2.26. The molecular formula is C24H26N2O3. The van der Waals surface area contributed by atoms with Gasteiger partial charge in [-0.1, -0.05) is 41.6 Å². The van der Waals surface area contributed by atoms with Crippen molar-refractivity contribution < 1.29 is 14.1 Å². The summed E-state index contributed by atoms with van der Waals surface area (Å²) in [4.78, 5) is 12.6. The summed E-state index contributed by atoms with van der Waals surface area (Å²) in [5, 5.41) is 7.14. The number of nitrogens with zero attached hydrogens (tertiary/aromatic N) is 1. The zero-order valence-electron chi connectivity index (χ0n) is 16.9. The number of nitrogens with one attached hydrogen (secondary N) is 1. The maximum atomic E-state index is 12.6. The Morgan fingerprint density at radius 1 is 1.17 bits per heavy atom. The molecule has 0 saturated carbocycles. The highest BCUT2D eigenvalue weighted by molar-refractivity contribution is 5.79. The van der Waals surface area contributed by atoms with E-state index in [0.29, 0.717) is 13.0 Å². The lowest BCUT2D eigenvalue weighted by molar-refractivity contribution is -0.121. The predicted molar refractivity (Wildman–Crippen MR) is 111 cm³/mol. The molecule has 0 spiro atoms. The number of fused-ring (bicyclic) bond motifs is 1. The van der Waals surface area contributed by atoms with E-state index in [1.54, 1.807) is 0 Å². The number of aryl methyl sites for hydroxylation is 3. The van der Waals surface area contributed by atoms with Crippen molar-refractivity contribution in [1.82, 2.24) is 10.5 Å². The number of rotatable bonds is 6. The van der Waals surface area contributed by atoms with Gasteiger partial charge in [0.15, 0.2) is 0 Å². The van der Waals surface area contributed by atoms with Crippen molar-refractivity contribution in [3.05, 3.63) is 82.2 Å². The molecule has 5 heteroatoms. The fraction of sp³-hybridized carbons (Fsp3) is 0.333. The van der Waals surface area contributed by atoms with Crippen LogP contribution in [0.25, 0.3) is 0 Å². The zero-order valence-corrected chi connectivity index (χ0v) is 16.9. The van der Waals surface area contributed by atoms with E-state index >= 15 is 0 Å². The predicted octanol–water partition coefficient (Wildman–Crippen LogP) is 4.61. The molecule has 4 rings (SSSR count). The lowest BCUT2D eigenvalue weighted by atomic mass is 9.87. The van der Waals surface area contributed by atoms with Gasteiger partial charge in [0.1, 0.15) is 18.1 Å². The van der Waals surface area contributed by atoms with Gasteiger partial charge in [-0.15, -0.1) is 0 Å². The second kappa shape index (κ2) is 8.52. The van der Waals surface area contributed by atoms with Gasteiger partial charge in [0, 0.05) is 0 Å². The van der Waals surface area contributed by atoms with Crippen LogP contribution in [0.5, 0.6) is 5.75 Å². The average Bonchev–Trinajstić information content (AvgIpc) is 3.05. The summed E-state index contributed by atoms with van der Waals surface area (Å²) in [7, 11) is 0. The molecule has 0 bridgehead atoms. The van der Waals surface area contributed by atoms with Crippen LogP contribution in [-0.4, -0.2) is 11.1 Å². The number of benzene rings is 2. The van der Waals surface area contributed by atoms with E-state index < -0.39 is 0 Å². The van der Waals surface area contributed by atoms with E-state index in [9.17, 15) is 4.79 Å². The molecule has 1 heterocycles. The van der Waals surface area contributed by atoms with Crippen LogP contribution in [0.3, 0.4) is 0 Å². The molecule has 0 radical (unpaired) electrons. The Balaban J connectivity index is 1.33. The minimum absolute atomic E-state index is 0.0519. The molecule has 0 fully saturated rings. The zero-order chi connectivity index (χ0) is 20.2. The molecule has 1 aromatic heterocycles. The van der Waals surface area contributed by atoms with Crippen molar-refractivity contribution in [2.75, 3.05) is 0 Å². The third-order valence-electron chi connectivity index (χ3n) is 5.56. The van der Waals surface area contributed by atoms with Crippen molar-refractivity contribution in [2.24, 2.45) is 0 Å². The molecule has 1 aliphatic carbocycles. The van der Waals surface area contributed by atoms with Crippen LogP contribution < -0.4 is 10.1 Å². The van der Waals surface area contributed by atoms with Crippen molar-refractivity contribution >= 4 is 5.91 Å². The SMILES string of the molecule is Cc1noc(C)c1COc1ccc(CC(=O)NC2CCCc3ccccc32)cc1. The number of hydrogen-bond donors (Lipinski definition) is 1. The Morgan fingerprint density at radius 2 is 1.97 bits per heavy atom. The van der Waals surface area contributed by atoms with Crippen molar-refractivity contribution in [2.45, 2.75) is 52.2 Å². The molecule has 150 valence electrons. The van der Waals surface area contributed by atoms with Crippen LogP contribution in [0.1, 0.15) is 52.6 Å². The van der Waals surface area contributed by atoms with Crippen LogP contribution in [0, 0.1) is 13.8 Å². The first-order valence-electron chi connectivity index (χ1n) is 10.1. The van der Waals surface area contributed by atoms with E-state index in [-0.39, 0.29) is 11.9 Å². The van der Waals surface area contributed by atoms with Crippen LogP contribution in [0.4, 0.5) is 0 Å². The molecule has 5 nitrogen and oxygen atoms in total. The molecule has 0 saturated heterocycles. The number of hydrogen-bond acceptors (Lipinski definition) is 4. The molecule has 1 unspecified atom stereocenters. The summed E-state index contributed by atoms with van der Waals surface area (Å²) in [6.07, 6.45) is 3.57. The number of carbonyl (C=O) groups is 1. The number of carbonyl (C=O) groups excluding carboxylic acids is 1. The fourth-order valence-electron chi connectivity index (χ4n) is 3.90. The summed E-state index contributed by atoms with van der Waals surface area (Å²) in [5.41, 5.74) is 5.40. The first-order valence-corrected chi connectivity index (χ1v) is 10.1.